The van der Waals surface area contributed by atoms with E-state index < -0.39 is 15.9 Å². The molecule has 6 nitrogen and oxygen atoms in total. The maximum Gasteiger partial charge on any atom is 0.228 e. The Hall–Kier alpha value is -1.80. The summed E-state index contributed by atoms with van der Waals surface area (Å²) < 4.78 is 32.5. The number of halogens is 2. The van der Waals surface area contributed by atoms with Crippen LogP contribution in [-0.4, -0.2) is 38.8 Å². The van der Waals surface area contributed by atoms with Gasteiger partial charge in [-0.05, 0) is 55.2 Å². The molecule has 0 saturated carbocycles. The molecule has 0 radical (unpaired) electrons. The number of benzene rings is 2. The minimum Gasteiger partial charge on any atom is -0.495 e. The van der Waals surface area contributed by atoms with Crippen LogP contribution in [0, 0.1) is 12.8 Å². The lowest BCUT2D eigenvalue weighted by Gasteiger charge is -2.31. The highest BCUT2D eigenvalue weighted by Gasteiger charge is 2.32. The highest BCUT2D eigenvalue weighted by atomic mass is 35.5. The molecule has 1 fully saturated rings. The lowest BCUT2D eigenvalue weighted by molar-refractivity contribution is -0.120. The zero-order valence-corrected chi connectivity index (χ0v) is 19.1. The molecule has 1 atom stereocenters. The van der Waals surface area contributed by atoms with Gasteiger partial charge in [-0.25, -0.2) is 12.7 Å². The molecule has 0 aliphatic carbocycles. The van der Waals surface area contributed by atoms with E-state index in [0.717, 1.165) is 5.56 Å². The van der Waals surface area contributed by atoms with E-state index in [1.165, 1.54) is 11.4 Å². The highest BCUT2D eigenvalue weighted by molar-refractivity contribution is 7.88. The molecular formula is C21H24Cl2N2O4S. The number of nitrogens with zero attached hydrogens (tertiary/aromatic N) is 1. The second-order valence-electron chi connectivity index (χ2n) is 7.39. The van der Waals surface area contributed by atoms with Crippen LogP contribution < -0.4 is 10.1 Å². The predicted octanol–water partition coefficient (Wildman–Crippen LogP) is 4.49. The summed E-state index contributed by atoms with van der Waals surface area (Å²) in [5.41, 5.74) is 2.12. The Kier molecular flexibility index (Phi) is 7.29. The number of piperidine rings is 1. The van der Waals surface area contributed by atoms with Gasteiger partial charge in [0.25, 0.3) is 0 Å². The maximum atomic E-state index is 12.9. The molecule has 2 aromatic carbocycles. The van der Waals surface area contributed by atoms with Gasteiger partial charge in [0.2, 0.25) is 15.9 Å². The molecule has 1 aliphatic rings. The Labute approximate surface area is 187 Å². The van der Waals surface area contributed by atoms with Gasteiger partial charge in [-0.2, -0.15) is 0 Å². The molecular weight excluding hydrogens is 447 g/mol. The number of hydrogen-bond donors (Lipinski definition) is 1. The molecule has 162 valence electrons. The SMILES string of the molecule is COc1ccc(C)cc1NC(=O)C1CCCN(S(=O)(=O)Cc2ccc(Cl)c(Cl)c2)C1. The van der Waals surface area contributed by atoms with E-state index in [-0.39, 0.29) is 18.2 Å². The van der Waals surface area contributed by atoms with Crippen molar-refractivity contribution in [3.05, 3.63) is 57.6 Å². The normalized spacial score (nSPS) is 17.5. The summed E-state index contributed by atoms with van der Waals surface area (Å²) in [5, 5.41) is 3.58. The van der Waals surface area contributed by atoms with Crippen LogP contribution in [0.15, 0.2) is 36.4 Å². The third-order valence-electron chi connectivity index (χ3n) is 5.09. The van der Waals surface area contributed by atoms with Gasteiger partial charge in [0.15, 0.2) is 0 Å². The van der Waals surface area contributed by atoms with Gasteiger partial charge in [-0.15, -0.1) is 0 Å². The maximum absolute atomic E-state index is 12.9. The van der Waals surface area contributed by atoms with E-state index in [4.69, 9.17) is 27.9 Å². The summed E-state index contributed by atoms with van der Waals surface area (Å²) in [6.45, 7) is 2.46. The summed E-state index contributed by atoms with van der Waals surface area (Å²) in [5.74, 6) is -0.279. The minimum atomic E-state index is -3.60. The van der Waals surface area contributed by atoms with Crippen LogP contribution >= 0.6 is 23.2 Å². The van der Waals surface area contributed by atoms with Crippen molar-refractivity contribution in [2.45, 2.75) is 25.5 Å². The lowest BCUT2D eigenvalue weighted by atomic mass is 9.98. The van der Waals surface area contributed by atoms with E-state index in [2.05, 4.69) is 5.32 Å². The fourth-order valence-corrected chi connectivity index (χ4v) is 5.41. The average Bonchev–Trinajstić information content (AvgIpc) is 2.71. The van der Waals surface area contributed by atoms with Crippen molar-refractivity contribution >= 4 is 44.8 Å². The fraction of sp³-hybridized carbons (Fsp3) is 0.381. The third kappa shape index (κ3) is 5.46. The number of nitrogens with one attached hydrogen (secondary N) is 1. The Balaban J connectivity index is 1.70. The van der Waals surface area contributed by atoms with Crippen LogP contribution in [-0.2, 0) is 20.6 Å². The third-order valence-corrected chi connectivity index (χ3v) is 7.65. The number of methoxy groups -OCH3 is 1. The summed E-state index contributed by atoms with van der Waals surface area (Å²) in [6, 6.07) is 10.3. The second-order valence-corrected chi connectivity index (χ2v) is 10.2. The van der Waals surface area contributed by atoms with E-state index in [1.807, 2.05) is 19.1 Å². The lowest BCUT2D eigenvalue weighted by Crippen LogP contribution is -2.44. The van der Waals surface area contributed by atoms with E-state index in [0.29, 0.717) is 46.4 Å². The summed E-state index contributed by atoms with van der Waals surface area (Å²) in [4.78, 5) is 12.8. The number of ether oxygens (including phenoxy) is 1. The van der Waals surface area contributed by atoms with Gasteiger partial charge < -0.3 is 10.1 Å². The van der Waals surface area contributed by atoms with Crippen molar-refractivity contribution in [2.75, 3.05) is 25.5 Å². The fourth-order valence-electron chi connectivity index (χ4n) is 3.49. The number of anilines is 1. The van der Waals surface area contributed by atoms with Crippen LogP contribution in [0.3, 0.4) is 0 Å². The summed E-state index contributed by atoms with van der Waals surface area (Å²) in [6.07, 6.45) is 1.24. The molecule has 3 rings (SSSR count). The van der Waals surface area contributed by atoms with Crippen LogP contribution in [0.4, 0.5) is 5.69 Å². The van der Waals surface area contributed by atoms with E-state index in [1.54, 1.807) is 24.3 Å². The minimum absolute atomic E-state index is 0.142. The molecule has 1 N–H and O–H groups in total. The smallest absolute Gasteiger partial charge is 0.228 e. The number of carbonyl (C=O) groups is 1. The topological polar surface area (TPSA) is 75.7 Å². The van der Waals surface area contributed by atoms with Crippen LogP contribution in [0.5, 0.6) is 5.75 Å². The second kappa shape index (κ2) is 9.56. The van der Waals surface area contributed by atoms with Gasteiger partial charge >= 0.3 is 0 Å². The molecule has 9 heteroatoms. The first-order valence-electron chi connectivity index (χ1n) is 9.57. The van der Waals surface area contributed by atoms with Crippen LogP contribution in [0.1, 0.15) is 24.0 Å². The summed E-state index contributed by atoms with van der Waals surface area (Å²) >= 11 is 11.9. The monoisotopic (exact) mass is 470 g/mol. The number of aryl methyl sites for hydroxylation is 1. The van der Waals surface area contributed by atoms with E-state index in [9.17, 15) is 13.2 Å². The molecule has 30 heavy (non-hydrogen) atoms. The zero-order valence-electron chi connectivity index (χ0n) is 16.8. The molecule has 0 bridgehead atoms. The van der Waals surface area contributed by atoms with Gasteiger partial charge in [0.05, 0.1) is 34.5 Å². The number of amides is 1. The van der Waals surface area contributed by atoms with Crippen molar-refractivity contribution in [3.8, 4) is 5.75 Å². The molecule has 1 saturated heterocycles. The Bertz CT molecular complexity index is 1040. The molecule has 0 spiro atoms. The Morgan fingerprint density at radius 1 is 1.20 bits per heavy atom. The first-order valence-corrected chi connectivity index (χ1v) is 11.9. The molecule has 1 aliphatic heterocycles. The van der Waals surface area contributed by atoms with Gasteiger partial charge in [-0.3, -0.25) is 4.79 Å². The Morgan fingerprint density at radius 3 is 2.67 bits per heavy atom. The number of hydrogen-bond acceptors (Lipinski definition) is 4. The van der Waals surface area contributed by atoms with Crippen molar-refractivity contribution in [1.29, 1.82) is 0 Å². The molecule has 1 amide bonds. The van der Waals surface area contributed by atoms with Crippen LogP contribution in [0.25, 0.3) is 0 Å². The first-order chi connectivity index (χ1) is 14.2. The largest absolute Gasteiger partial charge is 0.495 e. The molecule has 1 unspecified atom stereocenters. The highest BCUT2D eigenvalue weighted by Crippen LogP contribution is 2.29. The quantitative estimate of drug-likeness (QED) is 0.674. The van der Waals surface area contributed by atoms with Gasteiger partial charge in [0, 0.05) is 13.1 Å². The van der Waals surface area contributed by atoms with E-state index >= 15 is 0 Å². The van der Waals surface area contributed by atoms with Crippen molar-refractivity contribution in [1.82, 2.24) is 4.31 Å². The zero-order chi connectivity index (χ0) is 21.9. The average molecular weight is 471 g/mol. The Morgan fingerprint density at radius 2 is 1.97 bits per heavy atom. The standard InChI is InChI=1S/C21H24Cl2N2O4S/c1-14-5-8-20(29-2)19(10-14)24-21(26)16-4-3-9-25(12-16)30(27,28)13-15-6-7-17(22)18(23)11-15/h5-8,10-11,16H,3-4,9,12-13H2,1-2H3,(H,24,26). The van der Waals surface area contributed by atoms with Crippen molar-refractivity contribution in [3.63, 3.8) is 0 Å². The summed E-state index contributed by atoms with van der Waals surface area (Å²) in [7, 11) is -2.06. The van der Waals surface area contributed by atoms with Gasteiger partial charge in [-0.1, -0.05) is 35.3 Å². The van der Waals surface area contributed by atoms with Crippen LogP contribution in [0.2, 0.25) is 10.0 Å². The first kappa shape index (κ1) is 22.9. The molecule has 2 aromatic rings. The number of rotatable bonds is 6. The number of sulfonamides is 1. The molecule has 1 heterocycles. The number of carbonyl (C=O) groups excluding carboxylic acids is 1. The predicted molar refractivity (Wildman–Crippen MR) is 120 cm³/mol. The van der Waals surface area contributed by atoms with Crippen molar-refractivity contribution in [2.24, 2.45) is 5.92 Å². The van der Waals surface area contributed by atoms with Gasteiger partial charge in [0.1, 0.15) is 5.75 Å². The molecule has 0 aromatic heterocycles. The van der Waals surface area contributed by atoms with Crippen molar-refractivity contribution < 1.29 is 17.9 Å².